The fourth-order valence-electron chi connectivity index (χ4n) is 2.87. The first-order valence-corrected chi connectivity index (χ1v) is 7.62. The standard InChI is InChI=1S/C16H26N2O3/c1-4-17-12(3)15-6-5-13(7-16(15)20)18-8-11(2)21-14(9-18)10-19/h5-7,11-12,14,17,19-20H,4,8-10H2,1-3H3. The molecule has 3 N–H and O–H groups in total. The van der Waals surface area contributed by atoms with E-state index >= 15 is 0 Å². The van der Waals surface area contributed by atoms with Crippen molar-refractivity contribution in [3.8, 4) is 5.75 Å². The van der Waals surface area contributed by atoms with Gasteiger partial charge in [0.2, 0.25) is 0 Å². The van der Waals surface area contributed by atoms with Crippen LogP contribution >= 0.6 is 0 Å². The average Bonchev–Trinajstić information content (AvgIpc) is 2.46. The summed E-state index contributed by atoms with van der Waals surface area (Å²) in [6.07, 6.45) is -0.102. The quantitative estimate of drug-likeness (QED) is 0.770. The number of phenols is 1. The number of nitrogens with one attached hydrogen (secondary N) is 1. The summed E-state index contributed by atoms with van der Waals surface area (Å²) < 4.78 is 5.65. The number of anilines is 1. The number of hydrogen-bond acceptors (Lipinski definition) is 5. The first kappa shape index (κ1) is 16.1. The van der Waals surface area contributed by atoms with Crippen LogP contribution in [-0.4, -0.2) is 48.7 Å². The van der Waals surface area contributed by atoms with E-state index < -0.39 is 0 Å². The van der Waals surface area contributed by atoms with Crippen molar-refractivity contribution in [3.63, 3.8) is 0 Å². The Morgan fingerprint density at radius 3 is 2.81 bits per heavy atom. The van der Waals surface area contributed by atoms with Gasteiger partial charge in [0.25, 0.3) is 0 Å². The van der Waals surface area contributed by atoms with E-state index in [0.717, 1.165) is 24.3 Å². The van der Waals surface area contributed by atoms with Crippen molar-refractivity contribution in [2.45, 2.75) is 39.0 Å². The van der Waals surface area contributed by atoms with Crippen LogP contribution in [0.1, 0.15) is 32.4 Å². The lowest BCUT2D eigenvalue weighted by atomic mass is 10.1. The lowest BCUT2D eigenvalue weighted by molar-refractivity contribution is -0.0421. The maximum Gasteiger partial charge on any atom is 0.122 e. The molecule has 1 aliphatic rings. The Morgan fingerprint density at radius 1 is 1.43 bits per heavy atom. The van der Waals surface area contributed by atoms with Crippen molar-refractivity contribution in [2.75, 3.05) is 31.1 Å². The number of nitrogens with zero attached hydrogens (tertiary/aromatic N) is 1. The van der Waals surface area contributed by atoms with Crippen LogP contribution in [0.4, 0.5) is 5.69 Å². The number of ether oxygens (including phenoxy) is 1. The molecular weight excluding hydrogens is 268 g/mol. The van der Waals surface area contributed by atoms with Crippen molar-refractivity contribution in [2.24, 2.45) is 0 Å². The molecule has 5 heteroatoms. The van der Waals surface area contributed by atoms with Crippen LogP contribution in [0.5, 0.6) is 5.75 Å². The van der Waals surface area contributed by atoms with E-state index in [1.165, 1.54) is 0 Å². The fourth-order valence-corrected chi connectivity index (χ4v) is 2.87. The van der Waals surface area contributed by atoms with Crippen LogP contribution < -0.4 is 10.2 Å². The van der Waals surface area contributed by atoms with Gasteiger partial charge in [-0.15, -0.1) is 0 Å². The lowest BCUT2D eigenvalue weighted by Gasteiger charge is -2.37. The molecule has 3 atom stereocenters. The van der Waals surface area contributed by atoms with E-state index in [0.29, 0.717) is 12.3 Å². The minimum atomic E-state index is -0.170. The molecule has 21 heavy (non-hydrogen) atoms. The zero-order valence-corrected chi connectivity index (χ0v) is 13.0. The second kappa shape index (κ2) is 7.11. The number of benzene rings is 1. The number of rotatable bonds is 5. The Labute approximate surface area is 126 Å². The molecule has 1 heterocycles. The fraction of sp³-hybridized carbons (Fsp3) is 0.625. The third kappa shape index (κ3) is 3.87. The summed E-state index contributed by atoms with van der Waals surface area (Å²) in [6.45, 7) is 8.36. The number of hydrogen-bond donors (Lipinski definition) is 3. The molecule has 0 aliphatic carbocycles. The summed E-state index contributed by atoms with van der Waals surface area (Å²) in [7, 11) is 0. The third-order valence-electron chi connectivity index (χ3n) is 3.89. The monoisotopic (exact) mass is 294 g/mol. The van der Waals surface area contributed by atoms with Crippen LogP contribution in [0.2, 0.25) is 0 Å². The molecule has 1 aromatic carbocycles. The summed E-state index contributed by atoms with van der Waals surface area (Å²) in [5.74, 6) is 0.306. The van der Waals surface area contributed by atoms with E-state index in [9.17, 15) is 10.2 Å². The van der Waals surface area contributed by atoms with E-state index in [1.54, 1.807) is 6.07 Å². The van der Waals surface area contributed by atoms with Crippen molar-refractivity contribution in [3.05, 3.63) is 23.8 Å². The smallest absolute Gasteiger partial charge is 0.122 e. The minimum Gasteiger partial charge on any atom is -0.508 e. The van der Waals surface area contributed by atoms with Crippen LogP contribution in [0.15, 0.2) is 18.2 Å². The Bertz CT molecular complexity index is 467. The normalized spacial score (nSPS) is 24.1. The molecule has 0 saturated carbocycles. The van der Waals surface area contributed by atoms with E-state index in [2.05, 4.69) is 10.2 Å². The van der Waals surface area contributed by atoms with E-state index in [4.69, 9.17) is 4.74 Å². The van der Waals surface area contributed by atoms with Gasteiger partial charge in [-0.05, 0) is 26.5 Å². The van der Waals surface area contributed by atoms with E-state index in [1.807, 2.05) is 32.9 Å². The van der Waals surface area contributed by atoms with Gasteiger partial charge in [0.05, 0.1) is 18.8 Å². The first-order chi connectivity index (χ1) is 10.0. The van der Waals surface area contributed by atoms with Gasteiger partial charge in [-0.25, -0.2) is 0 Å². The van der Waals surface area contributed by atoms with Crippen LogP contribution in [0.25, 0.3) is 0 Å². The Kier molecular flexibility index (Phi) is 5.45. The Balaban J connectivity index is 2.15. The molecule has 1 aliphatic heterocycles. The molecule has 1 fully saturated rings. The van der Waals surface area contributed by atoms with Gasteiger partial charge in [-0.3, -0.25) is 0 Å². The number of phenolic OH excluding ortho intramolecular Hbond substituents is 1. The second-order valence-corrected chi connectivity index (χ2v) is 5.68. The number of morpholine rings is 1. The highest BCUT2D eigenvalue weighted by Crippen LogP contribution is 2.30. The maximum absolute atomic E-state index is 10.3. The molecule has 0 bridgehead atoms. The van der Waals surface area contributed by atoms with Crippen LogP contribution in [0.3, 0.4) is 0 Å². The molecule has 0 spiro atoms. The SMILES string of the molecule is CCNC(C)c1ccc(N2CC(C)OC(CO)C2)cc1O. The van der Waals surface area contributed by atoms with Gasteiger partial charge in [0.1, 0.15) is 5.75 Å². The predicted molar refractivity (Wildman–Crippen MR) is 83.8 cm³/mol. The predicted octanol–water partition coefficient (Wildman–Crippen LogP) is 1.65. The average molecular weight is 294 g/mol. The highest BCUT2D eigenvalue weighted by molar-refractivity contribution is 5.54. The summed E-state index contributed by atoms with van der Waals surface area (Å²) in [6, 6.07) is 5.91. The van der Waals surface area contributed by atoms with Gasteiger partial charge in [-0.2, -0.15) is 0 Å². The van der Waals surface area contributed by atoms with Gasteiger partial charge in [0, 0.05) is 36.4 Å². The number of aromatic hydroxyl groups is 1. The Hall–Kier alpha value is -1.30. The van der Waals surface area contributed by atoms with Crippen LogP contribution in [0, 0.1) is 0 Å². The summed E-state index contributed by atoms with van der Waals surface area (Å²) >= 11 is 0. The second-order valence-electron chi connectivity index (χ2n) is 5.68. The molecule has 2 rings (SSSR count). The van der Waals surface area contributed by atoms with Crippen molar-refractivity contribution >= 4 is 5.69 Å². The largest absolute Gasteiger partial charge is 0.508 e. The molecule has 1 saturated heterocycles. The molecule has 3 unspecified atom stereocenters. The van der Waals surface area contributed by atoms with Crippen LogP contribution in [-0.2, 0) is 4.74 Å². The van der Waals surface area contributed by atoms with Crippen molar-refractivity contribution < 1.29 is 14.9 Å². The summed E-state index contributed by atoms with van der Waals surface area (Å²) in [5.41, 5.74) is 1.87. The lowest BCUT2D eigenvalue weighted by Crippen LogP contribution is -2.48. The third-order valence-corrected chi connectivity index (χ3v) is 3.89. The van der Waals surface area contributed by atoms with Crippen molar-refractivity contribution in [1.82, 2.24) is 5.32 Å². The highest BCUT2D eigenvalue weighted by Gasteiger charge is 2.25. The minimum absolute atomic E-state index is 0.0162. The van der Waals surface area contributed by atoms with Gasteiger partial charge < -0.3 is 25.2 Å². The number of aliphatic hydroxyl groups excluding tert-OH is 1. The maximum atomic E-state index is 10.3. The zero-order valence-electron chi connectivity index (χ0n) is 13.0. The first-order valence-electron chi connectivity index (χ1n) is 7.62. The zero-order chi connectivity index (χ0) is 15.4. The molecule has 0 radical (unpaired) electrons. The van der Waals surface area contributed by atoms with Gasteiger partial charge >= 0.3 is 0 Å². The summed E-state index contributed by atoms with van der Waals surface area (Å²) in [4.78, 5) is 2.15. The Morgan fingerprint density at radius 2 is 2.19 bits per heavy atom. The molecular formula is C16H26N2O3. The molecule has 0 aromatic heterocycles. The van der Waals surface area contributed by atoms with Crippen molar-refractivity contribution in [1.29, 1.82) is 0 Å². The summed E-state index contributed by atoms with van der Waals surface area (Å²) in [5, 5.41) is 22.9. The molecule has 118 valence electrons. The molecule has 0 amide bonds. The highest BCUT2D eigenvalue weighted by atomic mass is 16.5. The molecule has 1 aromatic rings. The van der Waals surface area contributed by atoms with Gasteiger partial charge in [0.15, 0.2) is 0 Å². The molecule has 5 nitrogen and oxygen atoms in total. The topological polar surface area (TPSA) is 65.0 Å². The van der Waals surface area contributed by atoms with Gasteiger partial charge in [-0.1, -0.05) is 13.0 Å². The number of aliphatic hydroxyl groups is 1. The van der Waals surface area contributed by atoms with E-state index in [-0.39, 0.29) is 24.9 Å².